The van der Waals surface area contributed by atoms with Crippen LogP contribution in [0, 0.1) is 0 Å². The largest absolute Gasteiger partial charge is 0.389 e. The van der Waals surface area contributed by atoms with E-state index in [1.54, 1.807) is 0 Å². The van der Waals surface area contributed by atoms with Gasteiger partial charge in [-0.2, -0.15) is 0 Å². The summed E-state index contributed by atoms with van der Waals surface area (Å²) in [5.41, 5.74) is 0.162. The molecule has 0 aromatic carbocycles. The summed E-state index contributed by atoms with van der Waals surface area (Å²) in [6.07, 6.45) is 3.85. The number of aromatic nitrogens is 1. The minimum atomic E-state index is -0.733. The van der Waals surface area contributed by atoms with Crippen molar-refractivity contribution in [2.45, 2.75) is 45.4 Å². The number of H-pyrrole nitrogens is 1. The lowest BCUT2D eigenvalue weighted by molar-refractivity contribution is -0.00531. The van der Waals surface area contributed by atoms with Gasteiger partial charge in [0.05, 0.1) is 5.60 Å². The molecule has 14 heavy (non-hydrogen) atoms. The number of nitrogens with one attached hydrogen (secondary N) is 2. The third kappa shape index (κ3) is 2.59. The number of hydrogen-bond acceptors (Lipinski definition) is 2. The molecule has 0 aliphatic heterocycles. The second kappa shape index (κ2) is 3.75. The monoisotopic (exact) mass is 196 g/mol. The molecular weight excluding hydrogens is 176 g/mol. The maximum atomic E-state index is 9.90. The molecular formula is C11H20N2O. The molecule has 0 unspecified atom stereocenters. The van der Waals surface area contributed by atoms with E-state index in [1.807, 2.05) is 46.2 Å². The number of hydrogen-bond donors (Lipinski definition) is 3. The standard InChI is InChI=1S/C11H20N2O/c1-10(2,11(3,4)14)13-8-9-5-6-12-7-9/h5-7,12-14H,8H2,1-4H3. The molecule has 0 bridgehead atoms. The highest BCUT2D eigenvalue weighted by Crippen LogP contribution is 2.20. The Morgan fingerprint density at radius 3 is 2.43 bits per heavy atom. The molecule has 0 aliphatic rings. The lowest BCUT2D eigenvalue weighted by Crippen LogP contribution is -2.55. The van der Waals surface area contributed by atoms with Gasteiger partial charge in [0.2, 0.25) is 0 Å². The fourth-order valence-electron chi connectivity index (χ4n) is 1.01. The minimum Gasteiger partial charge on any atom is -0.389 e. The Morgan fingerprint density at radius 1 is 1.36 bits per heavy atom. The van der Waals surface area contributed by atoms with Crippen molar-refractivity contribution in [1.82, 2.24) is 10.3 Å². The quantitative estimate of drug-likeness (QED) is 0.686. The van der Waals surface area contributed by atoms with Gasteiger partial charge in [-0.05, 0) is 39.3 Å². The molecule has 1 rings (SSSR count). The molecule has 1 aromatic rings. The summed E-state index contributed by atoms with van der Waals surface area (Å²) >= 11 is 0. The van der Waals surface area contributed by atoms with Gasteiger partial charge >= 0.3 is 0 Å². The zero-order chi connectivity index (χ0) is 10.8. The summed E-state index contributed by atoms with van der Waals surface area (Å²) < 4.78 is 0. The van der Waals surface area contributed by atoms with E-state index >= 15 is 0 Å². The van der Waals surface area contributed by atoms with E-state index in [9.17, 15) is 5.11 Å². The van der Waals surface area contributed by atoms with E-state index in [1.165, 1.54) is 5.56 Å². The summed E-state index contributed by atoms with van der Waals surface area (Å²) in [6, 6.07) is 2.02. The molecule has 3 nitrogen and oxygen atoms in total. The molecule has 0 atom stereocenters. The normalized spacial score (nSPS) is 13.2. The van der Waals surface area contributed by atoms with Crippen LogP contribution in [0.1, 0.15) is 33.3 Å². The Morgan fingerprint density at radius 2 is 2.00 bits per heavy atom. The van der Waals surface area contributed by atoms with Crippen molar-refractivity contribution in [2.24, 2.45) is 0 Å². The Balaban J connectivity index is 2.53. The molecule has 1 heterocycles. The maximum absolute atomic E-state index is 9.90. The van der Waals surface area contributed by atoms with Gasteiger partial charge in [0.1, 0.15) is 0 Å². The summed E-state index contributed by atoms with van der Waals surface area (Å²) in [6.45, 7) is 8.40. The first-order chi connectivity index (χ1) is 6.33. The van der Waals surface area contributed by atoms with Crippen molar-refractivity contribution in [2.75, 3.05) is 0 Å². The SMILES string of the molecule is CC(C)(O)C(C)(C)NCc1cc[nH]c1. The predicted octanol–water partition coefficient (Wildman–Crippen LogP) is 1.65. The molecule has 0 saturated carbocycles. The number of aliphatic hydroxyl groups is 1. The van der Waals surface area contributed by atoms with Crippen LogP contribution in [-0.2, 0) is 6.54 Å². The summed E-state index contributed by atoms with van der Waals surface area (Å²) in [7, 11) is 0. The zero-order valence-corrected chi connectivity index (χ0v) is 9.39. The molecule has 0 aliphatic carbocycles. The highest BCUT2D eigenvalue weighted by Gasteiger charge is 2.34. The first kappa shape index (κ1) is 11.3. The number of rotatable bonds is 4. The van der Waals surface area contributed by atoms with Gasteiger partial charge in [-0.1, -0.05) is 0 Å². The third-order valence-electron chi connectivity index (χ3n) is 2.93. The molecule has 0 radical (unpaired) electrons. The van der Waals surface area contributed by atoms with Crippen molar-refractivity contribution in [3.05, 3.63) is 24.0 Å². The van der Waals surface area contributed by atoms with Crippen LogP contribution in [0.15, 0.2) is 18.5 Å². The molecule has 3 heteroatoms. The summed E-state index contributed by atoms with van der Waals surface area (Å²) in [5.74, 6) is 0. The third-order valence-corrected chi connectivity index (χ3v) is 2.93. The second-order valence-corrected chi connectivity index (χ2v) is 4.76. The lowest BCUT2D eigenvalue weighted by Gasteiger charge is -2.38. The van der Waals surface area contributed by atoms with Gasteiger partial charge in [0.25, 0.3) is 0 Å². The van der Waals surface area contributed by atoms with Crippen molar-refractivity contribution in [1.29, 1.82) is 0 Å². The molecule has 0 saturated heterocycles. The number of aromatic amines is 1. The topological polar surface area (TPSA) is 48.0 Å². The van der Waals surface area contributed by atoms with Crippen molar-refractivity contribution in [3.8, 4) is 0 Å². The van der Waals surface area contributed by atoms with Crippen molar-refractivity contribution >= 4 is 0 Å². The van der Waals surface area contributed by atoms with Gasteiger partial charge in [-0.15, -0.1) is 0 Å². The van der Waals surface area contributed by atoms with Gasteiger partial charge in [-0.25, -0.2) is 0 Å². The van der Waals surface area contributed by atoms with E-state index in [0.717, 1.165) is 6.54 Å². The maximum Gasteiger partial charge on any atom is 0.0767 e. The van der Waals surface area contributed by atoms with Crippen LogP contribution in [0.25, 0.3) is 0 Å². The van der Waals surface area contributed by atoms with Crippen LogP contribution in [0.2, 0.25) is 0 Å². The fraction of sp³-hybridized carbons (Fsp3) is 0.636. The Bertz CT molecular complexity index is 270. The van der Waals surface area contributed by atoms with Crippen LogP contribution >= 0.6 is 0 Å². The van der Waals surface area contributed by atoms with Crippen molar-refractivity contribution < 1.29 is 5.11 Å². The highest BCUT2D eigenvalue weighted by molar-refractivity contribution is 5.09. The van der Waals surface area contributed by atoms with E-state index in [4.69, 9.17) is 0 Å². The molecule has 0 fully saturated rings. The fourth-order valence-corrected chi connectivity index (χ4v) is 1.01. The van der Waals surface area contributed by atoms with Crippen LogP contribution in [0.3, 0.4) is 0 Å². The van der Waals surface area contributed by atoms with Gasteiger partial charge in [0, 0.05) is 24.5 Å². The Labute approximate surface area is 85.5 Å². The van der Waals surface area contributed by atoms with E-state index in [2.05, 4.69) is 10.3 Å². The second-order valence-electron chi connectivity index (χ2n) is 4.76. The van der Waals surface area contributed by atoms with Crippen LogP contribution in [0.5, 0.6) is 0 Å². The van der Waals surface area contributed by atoms with E-state index in [-0.39, 0.29) is 5.54 Å². The molecule has 3 N–H and O–H groups in total. The Hall–Kier alpha value is -0.800. The summed E-state index contributed by atoms with van der Waals surface area (Å²) in [4.78, 5) is 3.00. The van der Waals surface area contributed by atoms with Crippen molar-refractivity contribution in [3.63, 3.8) is 0 Å². The average Bonchev–Trinajstić information content (AvgIpc) is 2.50. The van der Waals surface area contributed by atoms with E-state index in [0.29, 0.717) is 0 Å². The Kier molecular flexibility index (Phi) is 3.02. The molecule has 0 spiro atoms. The summed E-state index contributed by atoms with van der Waals surface area (Å²) in [5, 5.41) is 13.2. The highest BCUT2D eigenvalue weighted by atomic mass is 16.3. The average molecular weight is 196 g/mol. The first-order valence-corrected chi connectivity index (χ1v) is 4.92. The van der Waals surface area contributed by atoms with Crippen LogP contribution < -0.4 is 5.32 Å². The molecule has 1 aromatic heterocycles. The smallest absolute Gasteiger partial charge is 0.0767 e. The minimum absolute atomic E-state index is 0.301. The van der Waals surface area contributed by atoms with Crippen LogP contribution in [-0.4, -0.2) is 21.2 Å². The first-order valence-electron chi connectivity index (χ1n) is 4.92. The van der Waals surface area contributed by atoms with Crippen LogP contribution in [0.4, 0.5) is 0 Å². The van der Waals surface area contributed by atoms with Gasteiger partial charge in [-0.3, -0.25) is 0 Å². The van der Waals surface area contributed by atoms with Gasteiger partial charge < -0.3 is 15.4 Å². The lowest BCUT2D eigenvalue weighted by atomic mass is 9.86. The molecule has 0 amide bonds. The van der Waals surface area contributed by atoms with Gasteiger partial charge in [0.15, 0.2) is 0 Å². The van der Waals surface area contributed by atoms with E-state index < -0.39 is 5.60 Å². The predicted molar refractivity (Wildman–Crippen MR) is 58.0 cm³/mol. The molecule has 80 valence electrons. The zero-order valence-electron chi connectivity index (χ0n) is 9.39.